The lowest BCUT2D eigenvalue weighted by Crippen LogP contribution is -2.08. The van der Waals surface area contributed by atoms with E-state index in [0.29, 0.717) is 0 Å². The molecular formula is C19H17N3. The molecule has 0 atom stereocenters. The Morgan fingerprint density at radius 3 is 2.77 bits per heavy atom. The van der Waals surface area contributed by atoms with Gasteiger partial charge in [0.15, 0.2) is 0 Å². The van der Waals surface area contributed by atoms with E-state index in [1.165, 1.54) is 27.6 Å². The molecule has 0 radical (unpaired) electrons. The predicted molar refractivity (Wildman–Crippen MR) is 91.5 cm³/mol. The van der Waals surface area contributed by atoms with Gasteiger partial charge in [-0.3, -0.25) is 9.98 Å². The molecule has 3 aromatic rings. The Labute approximate surface area is 129 Å². The van der Waals surface area contributed by atoms with Crippen molar-refractivity contribution in [2.24, 2.45) is 4.99 Å². The van der Waals surface area contributed by atoms with Crippen LogP contribution in [0.1, 0.15) is 17.5 Å². The number of aliphatic imine (C=N–C) groups is 1. The van der Waals surface area contributed by atoms with Crippen LogP contribution in [0.4, 0.5) is 5.69 Å². The molecule has 0 amide bonds. The number of anilines is 1. The fraction of sp³-hybridized carbons (Fsp3) is 0.158. The van der Waals surface area contributed by atoms with E-state index in [1.807, 2.05) is 18.5 Å². The average molecular weight is 287 g/mol. The summed E-state index contributed by atoms with van der Waals surface area (Å²) in [5, 5.41) is 6.00. The quantitative estimate of drug-likeness (QED) is 0.735. The molecule has 22 heavy (non-hydrogen) atoms. The van der Waals surface area contributed by atoms with Crippen LogP contribution >= 0.6 is 0 Å². The molecule has 1 aliphatic rings. The van der Waals surface area contributed by atoms with Crippen LogP contribution in [0.2, 0.25) is 0 Å². The highest BCUT2D eigenvalue weighted by atomic mass is 15.0. The summed E-state index contributed by atoms with van der Waals surface area (Å²) in [6.45, 7) is 0.821. The van der Waals surface area contributed by atoms with Gasteiger partial charge in [0.2, 0.25) is 0 Å². The Bertz CT molecular complexity index is 832. The molecule has 0 bridgehead atoms. The van der Waals surface area contributed by atoms with Gasteiger partial charge in [0.05, 0.1) is 0 Å². The Morgan fingerprint density at radius 2 is 1.91 bits per heavy atom. The number of pyridine rings is 1. The lowest BCUT2D eigenvalue weighted by atomic mass is 10.1. The van der Waals surface area contributed by atoms with Crippen LogP contribution in [0.25, 0.3) is 10.8 Å². The molecule has 1 aliphatic heterocycles. The van der Waals surface area contributed by atoms with Crippen molar-refractivity contribution in [1.82, 2.24) is 4.98 Å². The van der Waals surface area contributed by atoms with E-state index in [4.69, 9.17) is 4.99 Å². The van der Waals surface area contributed by atoms with E-state index >= 15 is 0 Å². The van der Waals surface area contributed by atoms with Crippen LogP contribution in [0.15, 0.2) is 65.9 Å². The predicted octanol–water partition coefficient (Wildman–Crippen LogP) is 4.04. The fourth-order valence-corrected chi connectivity index (χ4v) is 2.98. The standard InChI is InChI=1S/C19H17N3/c1-7-15-8-2-10-17-18(15)16(9-1)19(22-17)21-12-4-6-14-5-3-11-20-13-14/h1-3,5,7-11,13H,4,6,12H2,(H,21,22). The van der Waals surface area contributed by atoms with E-state index in [2.05, 4.69) is 52.8 Å². The van der Waals surface area contributed by atoms with Gasteiger partial charge in [-0.05, 0) is 35.9 Å². The minimum Gasteiger partial charge on any atom is -0.339 e. The van der Waals surface area contributed by atoms with Gasteiger partial charge >= 0.3 is 0 Å². The minimum atomic E-state index is 0.821. The van der Waals surface area contributed by atoms with Gasteiger partial charge < -0.3 is 5.32 Å². The zero-order valence-electron chi connectivity index (χ0n) is 12.3. The fourth-order valence-electron chi connectivity index (χ4n) is 2.98. The highest BCUT2D eigenvalue weighted by molar-refractivity contribution is 6.25. The first kappa shape index (κ1) is 13.0. The molecule has 3 nitrogen and oxygen atoms in total. The van der Waals surface area contributed by atoms with Crippen LogP contribution in [0, 0.1) is 0 Å². The van der Waals surface area contributed by atoms with Gasteiger partial charge in [0, 0.05) is 35.6 Å². The molecule has 108 valence electrons. The van der Waals surface area contributed by atoms with E-state index in [0.717, 1.165) is 25.2 Å². The maximum absolute atomic E-state index is 4.76. The van der Waals surface area contributed by atoms with E-state index in [-0.39, 0.29) is 0 Å². The molecule has 2 aromatic carbocycles. The molecule has 4 rings (SSSR count). The lowest BCUT2D eigenvalue weighted by Gasteiger charge is -2.02. The van der Waals surface area contributed by atoms with Gasteiger partial charge in [0.1, 0.15) is 5.84 Å². The lowest BCUT2D eigenvalue weighted by molar-refractivity contribution is 0.830. The second-order valence-electron chi connectivity index (χ2n) is 5.53. The minimum absolute atomic E-state index is 0.821. The number of aryl methyl sites for hydroxylation is 1. The van der Waals surface area contributed by atoms with Crippen molar-refractivity contribution < 1.29 is 0 Å². The number of benzene rings is 2. The number of nitrogens with one attached hydrogen (secondary N) is 1. The summed E-state index contributed by atoms with van der Waals surface area (Å²) in [5.41, 5.74) is 3.65. The van der Waals surface area contributed by atoms with Crippen molar-refractivity contribution in [1.29, 1.82) is 0 Å². The maximum Gasteiger partial charge on any atom is 0.133 e. The number of amidine groups is 1. The third-order valence-corrected chi connectivity index (χ3v) is 4.03. The maximum atomic E-state index is 4.76. The summed E-state index contributed by atoms with van der Waals surface area (Å²) < 4.78 is 0. The summed E-state index contributed by atoms with van der Waals surface area (Å²) in [5.74, 6) is 0.998. The van der Waals surface area contributed by atoms with Gasteiger partial charge in [-0.15, -0.1) is 0 Å². The van der Waals surface area contributed by atoms with Crippen LogP contribution < -0.4 is 5.32 Å². The highest BCUT2D eigenvalue weighted by Crippen LogP contribution is 2.32. The van der Waals surface area contributed by atoms with Gasteiger partial charge in [-0.1, -0.05) is 36.4 Å². The molecule has 0 unspecified atom stereocenters. The van der Waals surface area contributed by atoms with Crippen molar-refractivity contribution in [3.05, 3.63) is 72.1 Å². The summed E-state index contributed by atoms with van der Waals surface area (Å²) in [7, 11) is 0. The number of rotatable bonds is 4. The first-order valence-corrected chi connectivity index (χ1v) is 7.64. The SMILES string of the molecule is c1cncc(CCCN=C2Nc3cccc4cccc2c34)c1. The monoisotopic (exact) mass is 287 g/mol. The number of hydrogen-bond acceptors (Lipinski definition) is 2. The van der Waals surface area contributed by atoms with Crippen molar-refractivity contribution in [2.45, 2.75) is 12.8 Å². The van der Waals surface area contributed by atoms with E-state index in [9.17, 15) is 0 Å². The van der Waals surface area contributed by atoms with Crippen LogP contribution in [-0.4, -0.2) is 17.4 Å². The zero-order chi connectivity index (χ0) is 14.8. The van der Waals surface area contributed by atoms with Crippen LogP contribution in [-0.2, 0) is 6.42 Å². The molecule has 0 spiro atoms. The summed E-state index contributed by atoms with van der Waals surface area (Å²) in [4.78, 5) is 8.91. The Hall–Kier alpha value is -2.68. The van der Waals surface area contributed by atoms with Gasteiger partial charge in [0.25, 0.3) is 0 Å². The Balaban J connectivity index is 1.50. The van der Waals surface area contributed by atoms with E-state index < -0.39 is 0 Å². The van der Waals surface area contributed by atoms with Crippen molar-refractivity contribution >= 4 is 22.3 Å². The molecule has 0 aliphatic carbocycles. The molecule has 0 saturated heterocycles. The normalized spacial score (nSPS) is 14.5. The second kappa shape index (κ2) is 5.60. The Kier molecular flexibility index (Phi) is 3.31. The number of hydrogen-bond donors (Lipinski definition) is 1. The third kappa shape index (κ3) is 2.35. The van der Waals surface area contributed by atoms with Crippen LogP contribution in [0.5, 0.6) is 0 Å². The molecule has 1 N–H and O–H groups in total. The topological polar surface area (TPSA) is 37.3 Å². The summed E-state index contributed by atoms with van der Waals surface area (Å²) in [6.07, 6.45) is 5.78. The summed E-state index contributed by atoms with van der Waals surface area (Å²) in [6, 6.07) is 16.8. The average Bonchev–Trinajstić information content (AvgIpc) is 2.93. The first-order chi connectivity index (χ1) is 10.9. The van der Waals surface area contributed by atoms with Crippen molar-refractivity contribution in [3.63, 3.8) is 0 Å². The molecule has 3 heteroatoms. The van der Waals surface area contributed by atoms with E-state index in [1.54, 1.807) is 0 Å². The molecule has 0 saturated carbocycles. The third-order valence-electron chi connectivity index (χ3n) is 4.03. The highest BCUT2D eigenvalue weighted by Gasteiger charge is 2.18. The molecular weight excluding hydrogens is 270 g/mol. The van der Waals surface area contributed by atoms with Crippen molar-refractivity contribution in [3.8, 4) is 0 Å². The smallest absolute Gasteiger partial charge is 0.133 e. The Morgan fingerprint density at radius 1 is 1.00 bits per heavy atom. The molecule has 1 aromatic heterocycles. The first-order valence-electron chi connectivity index (χ1n) is 7.64. The number of aromatic nitrogens is 1. The summed E-state index contributed by atoms with van der Waals surface area (Å²) >= 11 is 0. The van der Waals surface area contributed by atoms with Crippen LogP contribution in [0.3, 0.4) is 0 Å². The second-order valence-corrected chi connectivity index (χ2v) is 5.53. The van der Waals surface area contributed by atoms with Crippen molar-refractivity contribution in [2.75, 3.05) is 11.9 Å². The molecule has 2 heterocycles. The largest absolute Gasteiger partial charge is 0.339 e. The number of nitrogens with zero attached hydrogens (tertiary/aromatic N) is 2. The van der Waals surface area contributed by atoms with Gasteiger partial charge in [-0.25, -0.2) is 0 Å². The zero-order valence-corrected chi connectivity index (χ0v) is 12.3. The van der Waals surface area contributed by atoms with Gasteiger partial charge in [-0.2, -0.15) is 0 Å². The molecule has 0 fully saturated rings.